The zero-order valence-electron chi connectivity index (χ0n) is 12.7. The molecule has 0 aromatic heterocycles. The van der Waals surface area contributed by atoms with Crippen LogP contribution >= 0.6 is 0 Å². The molecule has 0 heterocycles. The first-order valence-electron chi connectivity index (χ1n) is 7.30. The molecule has 0 aromatic rings. The van der Waals surface area contributed by atoms with Crippen LogP contribution in [0.5, 0.6) is 0 Å². The van der Waals surface area contributed by atoms with Crippen molar-refractivity contribution in [1.82, 2.24) is 0 Å². The number of rotatable bonds is 10. The highest BCUT2D eigenvalue weighted by Gasteiger charge is 2.13. The van der Waals surface area contributed by atoms with E-state index >= 15 is 0 Å². The second-order valence-corrected chi connectivity index (χ2v) is 5.36. The maximum absolute atomic E-state index is 11.5. The van der Waals surface area contributed by atoms with Gasteiger partial charge in [-0.1, -0.05) is 33.6 Å². The predicted octanol–water partition coefficient (Wildman–Crippen LogP) is 3.48. The molecule has 0 spiro atoms. The van der Waals surface area contributed by atoms with Gasteiger partial charge in [-0.05, 0) is 25.7 Å². The molecule has 112 valence electrons. The summed E-state index contributed by atoms with van der Waals surface area (Å²) in [6.07, 6.45) is 4.01. The molecule has 0 aromatic carbocycles. The van der Waals surface area contributed by atoms with Gasteiger partial charge in [-0.15, -0.1) is 0 Å². The van der Waals surface area contributed by atoms with Crippen LogP contribution in [0.4, 0.5) is 0 Å². The lowest BCUT2D eigenvalue weighted by atomic mass is 10.1. The minimum Gasteiger partial charge on any atom is -0.466 e. The Morgan fingerprint density at radius 2 is 1.63 bits per heavy atom. The standard InChI is InChI=1S/C15H28O4/c1-5-6-7-10-18-14(16)8-9-15(17)19-13(4)11-12(2)3/h12-13H,5-11H2,1-4H3. The second kappa shape index (κ2) is 10.8. The highest BCUT2D eigenvalue weighted by molar-refractivity contribution is 5.77. The van der Waals surface area contributed by atoms with Crippen LogP contribution in [0, 0.1) is 5.92 Å². The van der Waals surface area contributed by atoms with Crippen molar-refractivity contribution in [1.29, 1.82) is 0 Å². The van der Waals surface area contributed by atoms with Crippen LogP contribution < -0.4 is 0 Å². The van der Waals surface area contributed by atoms with Crippen molar-refractivity contribution in [2.75, 3.05) is 6.61 Å². The zero-order valence-corrected chi connectivity index (χ0v) is 12.7. The number of carbonyl (C=O) groups excluding carboxylic acids is 2. The highest BCUT2D eigenvalue weighted by atomic mass is 16.5. The van der Waals surface area contributed by atoms with E-state index in [1.165, 1.54) is 0 Å². The molecule has 0 amide bonds. The van der Waals surface area contributed by atoms with Crippen LogP contribution in [-0.2, 0) is 19.1 Å². The molecular weight excluding hydrogens is 244 g/mol. The van der Waals surface area contributed by atoms with Gasteiger partial charge in [0.05, 0.1) is 25.6 Å². The monoisotopic (exact) mass is 272 g/mol. The van der Waals surface area contributed by atoms with Crippen molar-refractivity contribution < 1.29 is 19.1 Å². The lowest BCUT2D eigenvalue weighted by Gasteiger charge is -2.14. The van der Waals surface area contributed by atoms with Gasteiger partial charge in [0.25, 0.3) is 0 Å². The third-order valence-corrected chi connectivity index (χ3v) is 2.68. The van der Waals surface area contributed by atoms with E-state index in [9.17, 15) is 9.59 Å². The smallest absolute Gasteiger partial charge is 0.306 e. The van der Waals surface area contributed by atoms with E-state index in [-0.39, 0.29) is 30.9 Å². The average Bonchev–Trinajstić information content (AvgIpc) is 2.31. The molecule has 0 saturated carbocycles. The predicted molar refractivity (Wildman–Crippen MR) is 74.7 cm³/mol. The summed E-state index contributed by atoms with van der Waals surface area (Å²) in [5, 5.41) is 0. The van der Waals surface area contributed by atoms with Gasteiger partial charge in [0.15, 0.2) is 0 Å². The quantitative estimate of drug-likeness (QED) is 0.451. The Balaban J connectivity index is 3.63. The summed E-state index contributed by atoms with van der Waals surface area (Å²) in [6, 6.07) is 0. The first kappa shape index (κ1) is 17.9. The van der Waals surface area contributed by atoms with Gasteiger partial charge in [-0.2, -0.15) is 0 Å². The van der Waals surface area contributed by atoms with Crippen LogP contribution in [0.1, 0.15) is 66.2 Å². The van der Waals surface area contributed by atoms with E-state index in [0.29, 0.717) is 12.5 Å². The van der Waals surface area contributed by atoms with Crippen LogP contribution in [0.2, 0.25) is 0 Å². The fourth-order valence-corrected chi connectivity index (χ4v) is 1.81. The minimum atomic E-state index is -0.321. The second-order valence-electron chi connectivity index (χ2n) is 5.36. The minimum absolute atomic E-state index is 0.0897. The molecule has 1 atom stereocenters. The SMILES string of the molecule is CCCCCOC(=O)CCC(=O)OC(C)CC(C)C. The van der Waals surface area contributed by atoms with E-state index in [1.807, 2.05) is 6.92 Å². The van der Waals surface area contributed by atoms with E-state index in [1.54, 1.807) is 0 Å². The van der Waals surface area contributed by atoms with Gasteiger partial charge in [-0.3, -0.25) is 9.59 Å². The lowest BCUT2D eigenvalue weighted by molar-refractivity contribution is -0.153. The average molecular weight is 272 g/mol. The van der Waals surface area contributed by atoms with Crippen LogP contribution in [0.25, 0.3) is 0 Å². The Morgan fingerprint density at radius 3 is 2.21 bits per heavy atom. The number of esters is 2. The van der Waals surface area contributed by atoms with Gasteiger partial charge < -0.3 is 9.47 Å². The van der Waals surface area contributed by atoms with Gasteiger partial charge in [-0.25, -0.2) is 0 Å². The molecule has 0 bridgehead atoms. The maximum Gasteiger partial charge on any atom is 0.306 e. The Bertz CT molecular complexity index is 261. The zero-order chi connectivity index (χ0) is 14.7. The number of ether oxygens (including phenoxy) is 2. The van der Waals surface area contributed by atoms with Crippen molar-refractivity contribution >= 4 is 11.9 Å². The van der Waals surface area contributed by atoms with Crippen molar-refractivity contribution in [2.24, 2.45) is 5.92 Å². The van der Waals surface area contributed by atoms with Crippen molar-refractivity contribution in [3.05, 3.63) is 0 Å². The molecule has 0 fully saturated rings. The summed E-state index contributed by atoms with van der Waals surface area (Å²) >= 11 is 0. The van der Waals surface area contributed by atoms with Crippen molar-refractivity contribution in [2.45, 2.75) is 72.3 Å². The molecular formula is C15H28O4. The molecule has 0 aliphatic rings. The Kier molecular flexibility index (Phi) is 10.2. The Labute approximate surface area is 116 Å². The highest BCUT2D eigenvalue weighted by Crippen LogP contribution is 2.09. The van der Waals surface area contributed by atoms with E-state index < -0.39 is 0 Å². The summed E-state index contributed by atoms with van der Waals surface area (Å²) in [5.41, 5.74) is 0. The van der Waals surface area contributed by atoms with E-state index in [2.05, 4.69) is 20.8 Å². The van der Waals surface area contributed by atoms with Gasteiger partial charge in [0, 0.05) is 0 Å². The fourth-order valence-electron chi connectivity index (χ4n) is 1.81. The normalized spacial score (nSPS) is 12.3. The lowest BCUT2D eigenvalue weighted by Crippen LogP contribution is -2.18. The van der Waals surface area contributed by atoms with Crippen LogP contribution in [0.3, 0.4) is 0 Å². The maximum atomic E-state index is 11.5. The number of hydrogen-bond donors (Lipinski definition) is 0. The number of hydrogen-bond acceptors (Lipinski definition) is 4. The molecule has 0 aliphatic heterocycles. The topological polar surface area (TPSA) is 52.6 Å². The van der Waals surface area contributed by atoms with Gasteiger partial charge in [0.1, 0.15) is 0 Å². The summed E-state index contributed by atoms with van der Waals surface area (Å²) < 4.78 is 10.2. The number of carbonyl (C=O) groups is 2. The van der Waals surface area contributed by atoms with Crippen molar-refractivity contribution in [3.8, 4) is 0 Å². The molecule has 0 saturated heterocycles. The van der Waals surface area contributed by atoms with E-state index in [0.717, 1.165) is 25.7 Å². The largest absolute Gasteiger partial charge is 0.466 e. The summed E-state index contributed by atoms with van der Waals surface area (Å²) in [4.78, 5) is 22.8. The molecule has 0 aliphatic carbocycles. The molecule has 0 radical (unpaired) electrons. The molecule has 4 nitrogen and oxygen atoms in total. The summed E-state index contributed by atoms with van der Waals surface area (Å²) in [5.74, 6) is -0.144. The molecule has 0 N–H and O–H groups in total. The first-order valence-corrected chi connectivity index (χ1v) is 7.30. The molecule has 19 heavy (non-hydrogen) atoms. The first-order chi connectivity index (χ1) is 8.95. The van der Waals surface area contributed by atoms with E-state index in [4.69, 9.17) is 9.47 Å². The fraction of sp³-hybridized carbons (Fsp3) is 0.867. The number of unbranched alkanes of at least 4 members (excludes halogenated alkanes) is 2. The molecule has 4 heteroatoms. The summed E-state index contributed by atoms with van der Waals surface area (Å²) in [6.45, 7) is 8.58. The van der Waals surface area contributed by atoms with Gasteiger partial charge in [0.2, 0.25) is 0 Å². The van der Waals surface area contributed by atoms with Crippen LogP contribution in [0.15, 0.2) is 0 Å². The van der Waals surface area contributed by atoms with Crippen molar-refractivity contribution in [3.63, 3.8) is 0 Å². The van der Waals surface area contributed by atoms with Gasteiger partial charge >= 0.3 is 11.9 Å². The third-order valence-electron chi connectivity index (χ3n) is 2.68. The molecule has 1 unspecified atom stereocenters. The summed E-state index contributed by atoms with van der Waals surface area (Å²) in [7, 11) is 0. The van der Waals surface area contributed by atoms with Crippen LogP contribution in [-0.4, -0.2) is 24.6 Å². The Morgan fingerprint density at radius 1 is 1.00 bits per heavy atom. The molecule has 0 rings (SSSR count). The Hall–Kier alpha value is -1.06. The third kappa shape index (κ3) is 11.7.